The highest BCUT2D eigenvalue weighted by molar-refractivity contribution is 7.00. The molecule has 0 radical (unpaired) electrons. The molecular weight excluding hydrogens is 312 g/mol. The smallest absolute Gasteiger partial charge is 0.247 e. The van der Waals surface area contributed by atoms with E-state index in [0.717, 1.165) is 27.9 Å². The molecule has 4 rings (SSSR count). The van der Waals surface area contributed by atoms with Gasteiger partial charge in [0, 0.05) is 5.56 Å². The Morgan fingerprint density at radius 3 is 2.87 bits per heavy atom. The number of hydrogen-bond acceptors (Lipinski definition) is 7. The van der Waals surface area contributed by atoms with Crippen molar-refractivity contribution in [2.45, 2.75) is 6.42 Å². The van der Waals surface area contributed by atoms with Crippen LogP contribution in [-0.2, 0) is 6.42 Å². The SMILES string of the molecule is COc1cccc(Cc2nnc(-c3ccc4nsnc4c3)o2)c1. The number of fused-ring (bicyclic) bond motifs is 1. The Balaban J connectivity index is 1.60. The first-order valence-corrected chi connectivity index (χ1v) is 7.73. The molecule has 6 nitrogen and oxygen atoms in total. The van der Waals surface area contributed by atoms with Crippen molar-refractivity contribution >= 4 is 22.8 Å². The molecule has 0 aliphatic heterocycles. The summed E-state index contributed by atoms with van der Waals surface area (Å²) < 4.78 is 19.4. The van der Waals surface area contributed by atoms with E-state index in [-0.39, 0.29) is 0 Å². The predicted molar refractivity (Wildman–Crippen MR) is 86.5 cm³/mol. The Kier molecular flexibility index (Phi) is 3.47. The lowest BCUT2D eigenvalue weighted by atomic mass is 10.1. The zero-order valence-corrected chi connectivity index (χ0v) is 13.1. The number of benzene rings is 2. The van der Waals surface area contributed by atoms with Crippen molar-refractivity contribution in [3.8, 4) is 17.2 Å². The molecule has 0 saturated carbocycles. The van der Waals surface area contributed by atoms with Gasteiger partial charge in [-0.25, -0.2) is 0 Å². The van der Waals surface area contributed by atoms with Gasteiger partial charge >= 0.3 is 0 Å². The quantitative estimate of drug-likeness (QED) is 0.573. The molecular formula is C16H12N4O2S. The maximum Gasteiger partial charge on any atom is 0.247 e. The van der Waals surface area contributed by atoms with Gasteiger partial charge in [0.15, 0.2) is 0 Å². The van der Waals surface area contributed by atoms with Crippen LogP contribution in [0, 0.1) is 0 Å². The van der Waals surface area contributed by atoms with Gasteiger partial charge < -0.3 is 9.15 Å². The van der Waals surface area contributed by atoms with Crippen molar-refractivity contribution in [3.63, 3.8) is 0 Å². The van der Waals surface area contributed by atoms with E-state index in [2.05, 4.69) is 18.9 Å². The Bertz CT molecular complexity index is 963. The van der Waals surface area contributed by atoms with E-state index in [1.165, 1.54) is 11.7 Å². The van der Waals surface area contributed by atoms with E-state index in [0.29, 0.717) is 18.2 Å². The van der Waals surface area contributed by atoms with Crippen LogP contribution in [0.5, 0.6) is 5.75 Å². The van der Waals surface area contributed by atoms with E-state index >= 15 is 0 Å². The van der Waals surface area contributed by atoms with E-state index in [4.69, 9.17) is 9.15 Å². The third-order valence-corrected chi connectivity index (χ3v) is 4.01. The molecule has 0 amide bonds. The molecule has 0 spiro atoms. The average Bonchev–Trinajstić information content (AvgIpc) is 3.23. The van der Waals surface area contributed by atoms with Crippen molar-refractivity contribution in [1.29, 1.82) is 0 Å². The topological polar surface area (TPSA) is 73.9 Å². The van der Waals surface area contributed by atoms with Gasteiger partial charge in [-0.1, -0.05) is 12.1 Å². The zero-order valence-electron chi connectivity index (χ0n) is 12.3. The van der Waals surface area contributed by atoms with Crippen molar-refractivity contribution in [3.05, 3.63) is 53.9 Å². The molecule has 7 heteroatoms. The van der Waals surface area contributed by atoms with E-state index in [9.17, 15) is 0 Å². The van der Waals surface area contributed by atoms with Crippen LogP contribution in [0.2, 0.25) is 0 Å². The molecule has 2 heterocycles. The molecule has 0 atom stereocenters. The first-order chi connectivity index (χ1) is 11.3. The Labute approximate surface area is 136 Å². The van der Waals surface area contributed by atoms with Crippen molar-refractivity contribution in [2.24, 2.45) is 0 Å². The number of hydrogen-bond donors (Lipinski definition) is 0. The fraction of sp³-hybridized carbons (Fsp3) is 0.125. The first kappa shape index (κ1) is 13.8. The van der Waals surface area contributed by atoms with Gasteiger partial charge in [0.2, 0.25) is 11.8 Å². The van der Waals surface area contributed by atoms with Crippen LogP contribution in [0.15, 0.2) is 46.9 Å². The van der Waals surface area contributed by atoms with Crippen molar-refractivity contribution in [2.75, 3.05) is 7.11 Å². The van der Waals surface area contributed by atoms with Gasteiger partial charge in [0.25, 0.3) is 0 Å². The highest BCUT2D eigenvalue weighted by Crippen LogP contribution is 2.23. The molecule has 0 fully saturated rings. The summed E-state index contributed by atoms with van der Waals surface area (Å²) in [6.07, 6.45) is 0.560. The Morgan fingerprint density at radius 2 is 1.96 bits per heavy atom. The standard InChI is InChI=1S/C16H12N4O2S/c1-21-12-4-2-3-10(7-12)8-15-17-18-16(22-15)11-5-6-13-14(9-11)20-23-19-13/h2-7,9H,8H2,1H3. The lowest BCUT2D eigenvalue weighted by molar-refractivity contribution is 0.414. The second kappa shape index (κ2) is 5.77. The van der Waals surface area contributed by atoms with Crippen LogP contribution < -0.4 is 4.74 Å². The number of aromatic nitrogens is 4. The minimum absolute atomic E-state index is 0.484. The van der Waals surface area contributed by atoms with E-state index in [1.807, 2.05) is 42.5 Å². The maximum absolute atomic E-state index is 5.76. The number of ether oxygens (including phenoxy) is 1. The minimum Gasteiger partial charge on any atom is -0.497 e. The van der Waals surface area contributed by atoms with Gasteiger partial charge in [-0.05, 0) is 35.9 Å². The molecule has 0 N–H and O–H groups in total. The molecule has 2 aromatic heterocycles. The summed E-state index contributed by atoms with van der Waals surface area (Å²) in [6, 6.07) is 13.5. The Morgan fingerprint density at radius 1 is 1.04 bits per heavy atom. The number of rotatable bonds is 4. The van der Waals surface area contributed by atoms with Crippen LogP contribution >= 0.6 is 11.7 Å². The van der Waals surface area contributed by atoms with Crippen LogP contribution in [0.25, 0.3) is 22.5 Å². The number of methoxy groups -OCH3 is 1. The fourth-order valence-corrected chi connectivity index (χ4v) is 2.83. The summed E-state index contributed by atoms with van der Waals surface area (Å²) in [5.74, 6) is 1.85. The second-order valence-electron chi connectivity index (χ2n) is 5.00. The summed E-state index contributed by atoms with van der Waals surface area (Å²) >= 11 is 1.19. The molecule has 4 aromatic rings. The average molecular weight is 324 g/mol. The number of nitrogens with zero attached hydrogens (tertiary/aromatic N) is 4. The summed E-state index contributed by atoms with van der Waals surface area (Å²) in [5.41, 5.74) is 3.60. The summed E-state index contributed by atoms with van der Waals surface area (Å²) in [5, 5.41) is 8.24. The van der Waals surface area contributed by atoms with Gasteiger partial charge in [-0.2, -0.15) is 8.75 Å². The lowest BCUT2D eigenvalue weighted by Crippen LogP contribution is -1.90. The lowest BCUT2D eigenvalue weighted by Gasteiger charge is -2.01. The molecule has 0 unspecified atom stereocenters. The third kappa shape index (κ3) is 2.78. The Hall–Kier alpha value is -2.80. The fourth-order valence-electron chi connectivity index (χ4n) is 2.31. The second-order valence-corrected chi connectivity index (χ2v) is 5.53. The summed E-state index contributed by atoms with van der Waals surface area (Å²) in [7, 11) is 1.65. The molecule has 0 aliphatic carbocycles. The molecule has 2 aromatic carbocycles. The van der Waals surface area contributed by atoms with Gasteiger partial charge in [-0.15, -0.1) is 10.2 Å². The molecule has 0 aliphatic rings. The van der Waals surface area contributed by atoms with E-state index in [1.54, 1.807) is 7.11 Å². The van der Waals surface area contributed by atoms with Crippen molar-refractivity contribution < 1.29 is 9.15 Å². The first-order valence-electron chi connectivity index (χ1n) is 7.00. The van der Waals surface area contributed by atoms with Crippen LogP contribution in [0.4, 0.5) is 0 Å². The highest BCUT2D eigenvalue weighted by Gasteiger charge is 2.11. The van der Waals surface area contributed by atoms with Gasteiger partial charge in [0.1, 0.15) is 16.8 Å². The monoisotopic (exact) mass is 324 g/mol. The minimum atomic E-state index is 0.484. The normalized spacial score (nSPS) is 11.0. The molecule has 114 valence electrons. The largest absolute Gasteiger partial charge is 0.497 e. The predicted octanol–water partition coefficient (Wildman–Crippen LogP) is 3.34. The highest BCUT2D eigenvalue weighted by atomic mass is 32.1. The summed E-state index contributed by atoms with van der Waals surface area (Å²) in [4.78, 5) is 0. The van der Waals surface area contributed by atoms with Crippen LogP contribution in [-0.4, -0.2) is 26.1 Å². The van der Waals surface area contributed by atoms with Gasteiger partial charge in [-0.3, -0.25) is 0 Å². The summed E-state index contributed by atoms with van der Waals surface area (Å²) in [6.45, 7) is 0. The van der Waals surface area contributed by atoms with Crippen molar-refractivity contribution in [1.82, 2.24) is 18.9 Å². The zero-order chi connectivity index (χ0) is 15.6. The maximum atomic E-state index is 5.76. The van der Waals surface area contributed by atoms with E-state index < -0.39 is 0 Å². The molecule has 0 bridgehead atoms. The van der Waals surface area contributed by atoms with Gasteiger partial charge in [0.05, 0.1) is 25.3 Å². The molecule has 23 heavy (non-hydrogen) atoms. The van der Waals surface area contributed by atoms with Crippen LogP contribution in [0.3, 0.4) is 0 Å². The molecule has 0 saturated heterocycles. The van der Waals surface area contributed by atoms with Crippen LogP contribution in [0.1, 0.15) is 11.5 Å². The third-order valence-electron chi connectivity index (χ3n) is 3.46.